The Morgan fingerprint density at radius 3 is 2.47 bits per heavy atom. The molecule has 0 saturated carbocycles. The Morgan fingerprint density at radius 2 is 1.77 bits per heavy atom. The Balaban J connectivity index is 1.32. The number of hydrogen-bond acceptors (Lipinski definition) is 7. The number of carbonyl (C=O) groups excluding carboxylic acids is 2. The van der Waals surface area contributed by atoms with Gasteiger partial charge in [0.05, 0.1) is 22.6 Å². The van der Waals surface area contributed by atoms with Crippen LogP contribution in [0.1, 0.15) is 33.6 Å². The van der Waals surface area contributed by atoms with E-state index in [4.69, 9.17) is 23.2 Å². The fourth-order valence-corrected chi connectivity index (χ4v) is 7.47. The van der Waals surface area contributed by atoms with E-state index in [2.05, 4.69) is 20.5 Å². The topological polar surface area (TPSA) is 135 Å². The molecule has 10 nitrogen and oxygen atoms in total. The molecule has 1 saturated heterocycles. The monoisotopic (exact) mass is 645 g/mol. The van der Waals surface area contributed by atoms with E-state index in [0.717, 1.165) is 29.9 Å². The van der Waals surface area contributed by atoms with Gasteiger partial charge in [0.15, 0.2) is 9.84 Å². The number of halogens is 2. The first-order valence-corrected chi connectivity index (χ1v) is 16.3. The minimum absolute atomic E-state index is 0.0413. The maximum Gasteiger partial charge on any atom is 0.256 e. The van der Waals surface area contributed by atoms with Crippen LogP contribution in [0.2, 0.25) is 10.0 Å². The third-order valence-corrected chi connectivity index (χ3v) is 10.2. The highest BCUT2D eigenvalue weighted by Gasteiger charge is 2.28. The van der Waals surface area contributed by atoms with E-state index in [-0.39, 0.29) is 38.9 Å². The number of aromatic amines is 1. The number of hydroxylamine groups is 2. The second-order valence-corrected chi connectivity index (χ2v) is 13.6. The molecule has 2 aromatic carbocycles. The predicted molar refractivity (Wildman–Crippen MR) is 167 cm³/mol. The van der Waals surface area contributed by atoms with Crippen molar-refractivity contribution in [2.75, 3.05) is 44.6 Å². The fraction of sp³-hybridized carbons (Fsp3) is 0.333. The van der Waals surface area contributed by atoms with E-state index < -0.39 is 9.84 Å². The van der Waals surface area contributed by atoms with Gasteiger partial charge in [0.2, 0.25) is 5.91 Å². The number of rotatable bonds is 9. The van der Waals surface area contributed by atoms with Gasteiger partial charge in [-0.2, -0.15) is 5.06 Å². The zero-order valence-corrected chi connectivity index (χ0v) is 26.2. The molecule has 1 fully saturated rings. The van der Waals surface area contributed by atoms with Gasteiger partial charge in [-0.3, -0.25) is 14.5 Å². The molecular formula is C30H33Cl2N5O5S. The summed E-state index contributed by atoms with van der Waals surface area (Å²) in [6, 6.07) is 9.33. The van der Waals surface area contributed by atoms with Crippen molar-refractivity contribution in [2.45, 2.75) is 30.9 Å². The Bertz CT molecular complexity index is 1690. The van der Waals surface area contributed by atoms with Crippen LogP contribution < -0.4 is 10.6 Å². The van der Waals surface area contributed by atoms with Crippen LogP contribution in [0.15, 0.2) is 41.3 Å². The first-order valence-electron chi connectivity index (χ1n) is 13.9. The van der Waals surface area contributed by atoms with Crippen LogP contribution in [0.5, 0.6) is 0 Å². The Morgan fingerprint density at radius 1 is 1.07 bits per heavy atom. The van der Waals surface area contributed by atoms with Crippen LogP contribution in [0.3, 0.4) is 0 Å². The Hall–Kier alpha value is -3.19. The van der Waals surface area contributed by atoms with Crippen molar-refractivity contribution in [1.82, 2.24) is 20.3 Å². The van der Waals surface area contributed by atoms with E-state index in [1.807, 2.05) is 13.8 Å². The number of anilines is 1. The molecule has 5 rings (SSSR count). The third kappa shape index (κ3) is 6.98. The highest BCUT2D eigenvalue weighted by atomic mass is 35.5. The number of carbonyl (C=O) groups is 2. The lowest BCUT2D eigenvalue weighted by Crippen LogP contribution is -2.47. The Kier molecular flexibility index (Phi) is 9.31. The molecular weight excluding hydrogens is 613 g/mol. The van der Waals surface area contributed by atoms with Gasteiger partial charge in [0.25, 0.3) is 5.91 Å². The van der Waals surface area contributed by atoms with Crippen LogP contribution in [0.25, 0.3) is 11.6 Å². The lowest BCUT2D eigenvalue weighted by molar-refractivity contribution is -0.122. The first-order chi connectivity index (χ1) is 20.4. The molecule has 0 aliphatic carbocycles. The van der Waals surface area contributed by atoms with Gasteiger partial charge in [-0.1, -0.05) is 29.3 Å². The van der Waals surface area contributed by atoms with Gasteiger partial charge >= 0.3 is 0 Å². The lowest BCUT2D eigenvalue weighted by atomic mass is 10.0. The summed E-state index contributed by atoms with van der Waals surface area (Å²) >= 11 is 12.4. The SMILES string of the molecule is Cc1[nH]c(C=C2C(=O)Nc3ccc(S(=O)(=O)Cc4c(Cl)cccc4Cl)cc32)c(C)c1CC(=O)NCCN1CCN(O)CC1. The van der Waals surface area contributed by atoms with Gasteiger partial charge < -0.3 is 20.8 Å². The minimum atomic E-state index is -3.84. The second-order valence-electron chi connectivity index (χ2n) is 10.8. The van der Waals surface area contributed by atoms with Gasteiger partial charge in [-0.25, -0.2) is 8.42 Å². The van der Waals surface area contributed by atoms with Crippen molar-refractivity contribution in [3.63, 3.8) is 0 Å². The molecule has 228 valence electrons. The number of amides is 2. The van der Waals surface area contributed by atoms with Gasteiger partial charge in [0, 0.05) is 77.5 Å². The van der Waals surface area contributed by atoms with Crippen molar-refractivity contribution in [2.24, 2.45) is 0 Å². The van der Waals surface area contributed by atoms with Crippen molar-refractivity contribution >= 4 is 62.2 Å². The van der Waals surface area contributed by atoms with E-state index >= 15 is 0 Å². The molecule has 2 aliphatic rings. The van der Waals surface area contributed by atoms with Crippen molar-refractivity contribution in [3.8, 4) is 0 Å². The highest BCUT2D eigenvalue weighted by molar-refractivity contribution is 7.90. The van der Waals surface area contributed by atoms with Crippen LogP contribution in [-0.4, -0.2) is 79.7 Å². The average molecular weight is 647 g/mol. The molecule has 2 amide bonds. The predicted octanol–water partition coefficient (Wildman–Crippen LogP) is 4.07. The van der Waals surface area contributed by atoms with Gasteiger partial charge in [0.1, 0.15) is 0 Å². The summed E-state index contributed by atoms with van der Waals surface area (Å²) in [6.07, 6.45) is 1.87. The number of aryl methyl sites for hydroxylation is 1. The number of fused-ring (bicyclic) bond motifs is 1. The van der Waals surface area contributed by atoms with Crippen LogP contribution >= 0.6 is 23.2 Å². The number of hydrogen-bond donors (Lipinski definition) is 4. The summed E-state index contributed by atoms with van der Waals surface area (Å²) in [4.78, 5) is 31.2. The zero-order chi connectivity index (χ0) is 30.9. The van der Waals surface area contributed by atoms with Gasteiger partial charge in [-0.05, 0) is 61.4 Å². The number of nitrogens with zero attached hydrogens (tertiary/aromatic N) is 2. The van der Waals surface area contributed by atoms with Gasteiger partial charge in [-0.15, -0.1) is 0 Å². The molecule has 0 atom stereocenters. The third-order valence-electron chi connectivity index (χ3n) is 7.89. The van der Waals surface area contributed by atoms with Crippen LogP contribution in [-0.2, 0) is 31.6 Å². The largest absolute Gasteiger partial charge is 0.359 e. The molecule has 0 unspecified atom stereocenters. The smallest absolute Gasteiger partial charge is 0.256 e. The zero-order valence-electron chi connectivity index (χ0n) is 23.8. The standard InChI is InChI=1S/C30H33Cl2N5O5S/c1-18-21(16-29(38)33-8-9-36-10-12-37(40)13-11-36)19(2)34-28(18)15-23-22-14-20(6-7-27(22)35-30(23)39)43(41,42)17-24-25(31)4-3-5-26(24)32/h3-7,14-15,34,40H,8-13,16-17H2,1-2H3,(H,33,38)(H,35,39). The maximum atomic E-state index is 13.3. The molecule has 3 heterocycles. The number of piperazine rings is 1. The molecule has 4 N–H and O–H groups in total. The number of H-pyrrole nitrogens is 1. The summed E-state index contributed by atoms with van der Waals surface area (Å²) in [7, 11) is -3.84. The number of aromatic nitrogens is 1. The van der Waals surface area contributed by atoms with Crippen molar-refractivity contribution < 1.29 is 23.2 Å². The number of sulfone groups is 1. The first kappa shape index (κ1) is 31.2. The van der Waals surface area contributed by atoms with Crippen molar-refractivity contribution in [1.29, 1.82) is 0 Å². The molecule has 1 aromatic heterocycles. The lowest BCUT2D eigenvalue weighted by Gasteiger charge is -2.30. The summed E-state index contributed by atoms with van der Waals surface area (Å²) in [5, 5.41) is 17.1. The molecule has 0 bridgehead atoms. The van der Waals surface area contributed by atoms with Crippen LogP contribution in [0.4, 0.5) is 5.69 Å². The average Bonchev–Trinajstić information content (AvgIpc) is 3.41. The quantitative estimate of drug-likeness (QED) is 0.258. The normalized spacial score (nSPS) is 16.9. The maximum absolute atomic E-state index is 13.3. The number of nitrogens with one attached hydrogen (secondary N) is 3. The minimum Gasteiger partial charge on any atom is -0.359 e. The number of benzene rings is 2. The Labute approximate surface area is 260 Å². The molecule has 2 aliphatic heterocycles. The molecule has 13 heteroatoms. The summed E-state index contributed by atoms with van der Waals surface area (Å²) in [5.74, 6) is -0.848. The molecule has 0 radical (unpaired) electrons. The van der Waals surface area contributed by atoms with E-state index in [1.54, 1.807) is 30.3 Å². The molecule has 43 heavy (non-hydrogen) atoms. The molecule has 3 aromatic rings. The summed E-state index contributed by atoms with van der Waals surface area (Å²) < 4.78 is 26.7. The fourth-order valence-electron chi connectivity index (χ4n) is 5.35. The van der Waals surface area contributed by atoms with E-state index in [9.17, 15) is 23.2 Å². The van der Waals surface area contributed by atoms with E-state index in [1.165, 1.54) is 17.2 Å². The van der Waals surface area contributed by atoms with E-state index in [0.29, 0.717) is 54.3 Å². The summed E-state index contributed by atoms with van der Waals surface area (Å²) in [5.41, 5.74) is 4.74. The van der Waals surface area contributed by atoms with Crippen molar-refractivity contribution in [3.05, 3.63) is 80.1 Å². The highest BCUT2D eigenvalue weighted by Crippen LogP contribution is 2.37. The second kappa shape index (κ2) is 12.8. The molecule has 0 spiro atoms. The van der Waals surface area contributed by atoms with Crippen LogP contribution in [0, 0.1) is 13.8 Å². The summed E-state index contributed by atoms with van der Waals surface area (Å²) in [6.45, 7) is 7.65.